The van der Waals surface area contributed by atoms with Crippen LogP contribution in [-0.2, 0) is 16.6 Å². The highest BCUT2D eigenvalue weighted by molar-refractivity contribution is 7.89. The van der Waals surface area contributed by atoms with Gasteiger partial charge in [0.25, 0.3) is 5.91 Å². The van der Waals surface area contributed by atoms with Crippen molar-refractivity contribution >= 4 is 15.9 Å². The number of hydrogen-bond donors (Lipinski definition) is 1. The van der Waals surface area contributed by atoms with E-state index < -0.39 is 15.9 Å². The Morgan fingerprint density at radius 1 is 1.13 bits per heavy atom. The van der Waals surface area contributed by atoms with Gasteiger partial charge in [0.1, 0.15) is 12.4 Å². The molecule has 7 heteroatoms. The van der Waals surface area contributed by atoms with Crippen molar-refractivity contribution in [3.8, 4) is 11.8 Å². The molecule has 0 aliphatic heterocycles. The Morgan fingerprint density at radius 3 is 2.26 bits per heavy atom. The van der Waals surface area contributed by atoms with Crippen LogP contribution in [0, 0.1) is 11.3 Å². The van der Waals surface area contributed by atoms with Crippen LogP contribution in [0.3, 0.4) is 0 Å². The van der Waals surface area contributed by atoms with Gasteiger partial charge in [0.2, 0.25) is 10.0 Å². The quantitative estimate of drug-likeness (QED) is 0.902. The van der Waals surface area contributed by atoms with E-state index in [0.717, 1.165) is 11.8 Å². The van der Waals surface area contributed by atoms with Crippen LogP contribution in [0.4, 0.5) is 0 Å². The molecular formula is C16H14N2O4S. The number of rotatable bonds is 5. The minimum Gasteiger partial charge on any atom is -0.489 e. The molecule has 2 aromatic rings. The first-order chi connectivity index (χ1) is 10.9. The van der Waals surface area contributed by atoms with Gasteiger partial charge in [0, 0.05) is 5.56 Å². The summed E-state index contributed by atoms with van der Waals surface area (Å²) in [5.41, 5.74) is 1.71. The van der Waals surface area contributed by atoms with Gasteiger partial charge in [0.05, 0.1) is 17.9 Å². The summed E-state index contributed by atoms with van der Waals surface area (Å²) >= 11 is 0. The molecule has 23 heavy (non-hydrogen) atoms. The third kappa shape index (κ3) is 5.13. The molecule has 118 valence electrons. The van der Waals surface area contributed by atoms with Gasteiger partial charge in [-0.25, -0.2) is 13.1 Å². The number of ether oxygens (including phenoxy) is 1. The molecule has 0 aliphatic rings. The van der Waals surface area contributed by atoms with E-state index in [9.17, 15) is 13.2 Å². The topological polar surface area (TPSA) is 96.3 Å². The van der Waals surface area contributed by atoms with Gasteiger partial charge in [-0.05, 0) is 42.0 Å². The van der Waals surface area contributed by atoms with Crippen LogP contribution in [0.1, 0.15) is 21.5 Å². The zero-order valence-electron chi connectivity index (χ0n) is 12.3. The number of nitrogens with one attached hydrogen (secondary N) is 1. The lowest BCUT2D eigenvalue weighted by Gasteiger charge is -2.07. The van der Waals surface area contributed by atoms with Gasteiger partial charge >= 0.3 is 0 Å². The van der Waals surface area contributed by atoms with Crippen LogP contribution in [0.15, 0.2) is 48.5 Å². The summed E-state index contributed by atoms with van der Waals surface area (Å²) in [5, 5.41) is 8.73. The largest absolute Gasteiger partial charge is 0.489 e. The first-order valence-electron chi connectivity index (χ1n) is 6.61. The summed E-state index contributed by atoms with van der Waals surface area (Å²) in [6.07, 6.45) is 0.917. The lowest BCUT2D eigenvalue weighted by atomic mass is 10.1. The Balaban J connectivity index is 1.97. The molecule has 0 aliphatic carbocycles. The molecule has 0 bridgehead atoms. The zero-order valence-corrected chi connectivity index (χ0v) is 13.1. The van der Waals surface area contributed by atoms with Gasteiger partial charge in [0.15, 0.2) is 0 Å². The third-order valence-corrected chi connectivity index (χ3v) is 3.44. The van der Waals surface area contributed by atoms with Crippen molar-refractivity contribution < 1.29 is 17.9 Å². The van der Waals surface area contributed by atoms with Crippen LogP contribution in [-0.4, -0.2) is 20.6 Å². The van der Waals surface area contributed by atoms with Gasteiger partial charge in [-0.1, -0.05) is 12.1 Å². The lowest BCUT2D eigenvalue weighted by molar-refractivity contribution is 0.0981. The van der Waals surface area contributed by atoms with Gasteiger partial charge in [-0.3, -0.25) is 4.79 Å². The lowest BCUT2D eigenvalue weighted by Crippen LogP contribution is -2.29. The molecule has 0 unspecified atom stereocenters. The molecule has 1 N–H and O–H groups in total. The minimum absolute atomic E-state index is 0.223. The second kappa shape index (κ2) is 6.94. The van der Waals surface area contributed by atoms with Crippen molar-refractivity contribution in [1.82, 2.24) is 4.72 Å². The summed E-state index contributed by atoms with van der Waals surface area (Å²) in [5.74, 6) is -0.142. The van der Waals surface area contributed by atoms with E-state index in [1.54, 1.807) is 36.4 Å². The molecular weight excluding hydrogens is 316 g/mol. The van der Waals surface area contributed by atoms with Crippen molar-refractivity contribution in [2.24, 2.45) is 0 Å². The predicted molar refractivity (Wildman–Crippen MR) is 84.2 cm³/mol. The number of benzene rings is 2. The molecule has 0 saturated heterocycles. The van der Waals surface area contributed by atoms with Crippen molar-refractivity contribution in [2.75, 3.05) is 6.26 Å². The molecule has 0 atom stereocenters. The van der Waals surface area contributed by atoms with Crippen molar-refractivity contribution in [3.05, 3.63) is 65.2 Å². The summed E-state index contributed by atoms with van der Waals surface area (Å²) in [6.45, 7) is 0.320. The maximum Gasteiger partial charge on any atom is 0.264 e. The van der Waals surface area contributed by atoms with Gasteiger partial charge in [-0.2, -0.15) is 5.26 Å². The Morgan fingerprint density at radius 2 is 1.74 bits per heavy atom. The summed E-state index contributed by atoms with van der Waals surface area (Å²) in [6, 6.07) is 15.2. The maximum atomic E-state index is 11.7. The highest BCUT2D eigenvalue weighted by Gasteiger charge is 2.10. The van der Waals surface area contributed by atoms with Crippen LogP contribution in [0.25, 0.3) is 0 Å². The SMILES string of the molecule is CS(=O)(=O)NC(=O)c1ccc(OCc2ccc(C#N)cc2)cc1. The second-order valence-electron chi connectivity index (χ2n) is 4.83. The Hall–Kier alpha value is -2.85. The number of nitrogens with zero attached hydrogens (tertiary/aromatic N) is 1. The third-order valence-electron chi connectivity index (χ3n) is 2.88. The van der Waals surface area contributed by atoms with Crippen molar-refractivity contribution in [2.45, 2.75) is 6.61 Å². The monoisotopic (exact) mass is 330 g/mol. The van der Waals surface area contributed by atoms with E-state index in [0.29, 0.717) is 17.9 Å². The van der Waals surface area contributed by atoms with Gasteiger partial charge in [-0.15, -0.1) is 0 Å². The van der Waals surface area contributed by atoms with Crippen LogP contribution in [0.2, 0.25) is 0 Å². The fraction of sp³-hybridized carbons (Fsp3) is 0.125. The molecule has 0 spiro atoms. The van der Waals surface area contributed by atoms with E-state index in [1.807, 2.05) is 10.8 Å². The number of hydrogen-bond acceptors (Lipinski definition) is 5. The molecule has 0 radical (unpaired) electrons. The van der Waals surface area contributed by atoms with Crippen molar-refractivity contribution in [1.29, 1.82) is 5.26 Å². The fourth-order valence-electron chi connectivity index (χ4n) is 1.77. The number of sulfonamides is 1. The predicted octanol–water partition coefficient (Wildman–Crippen LogP) is 1.83. The minimum atomic E-state index is -3.59. The van der Waals surface area contributed by atoms with Crippen LogP contribution >= 0.6 is 0 Å². The first-order valence-corrected chi connectivity index (χ1v) is 8.50. The summed E-state index contributed by atoms with van der Waals surface area (Å²) < 4.78 is 29.5. The number of amides is 1. The molecule has 0 fully saturated rings. The van der Waals surface area contributed by atoms with Crippen molar-refractivity contribution in [3.63, 3.8) is 0 Å². The standard InChI is InChI=1S/C16H14N2O4S/c1-23(20,21)18-16(19)14-6-8-15(9-7-14)22-11-13-4-2-12(10-17)3-5-13/h2-9H,11H2,1H3,(H,18,19). The Labute approximate surface area is 134 Å². The van der Waals surface area contributed by atoms with E-state index in [4.69, 9.17) is 10.00 Å². The number of carbonyl (C=O) groups is 1. The highest BCUT2D eigenvalue weighted by Crippen LogP contribution is 2.14. The summed E-state index contributed by atoms with van der Waals surface area (Å²) in [7, 11) is -3.59. The second-order valence-corrected chi connectivity index (χ2v) is 6.57. The normalized spacial score (nSPS) is 10.6. The molecule has 6 nitrogen and oxygen atoms in total. The average molecular weight is 330 g/mol. The van der Waals surface area contributed by atoms with Gasteiger partial charge < -0.3 is 4.74 Å². The molecule has 1 amide bonds. The maximum absolute atomic E-state index is 11.7. The highest BCUT2D eigenvalue weighted by atomic mass is 32.2. The zero-order chi connectivity index (χ0) is 16.9. The molecule has 0 saturated carbocycles. The van der Waals surface area contributed by atoms with E-state index >= 15 is 0 Å². The number of nitriles is 1. The smallest absolute Gasteiger partial charge is 0.264 e. The van der Waals surface area contributed by atoms with E-state index in [1.165, 1.54) is 12.1 Å². The number of carbonyl (C=O) groups excluding carboxylic acids is 1. The fourth-order valence-corrected chi connectivity index (χ4v) is 2.23. The van der Waals surface area contributed by atoms with Crippen LogP contribution < -0.4 is 9.46 Å². The van der Waals surface area contributed by atoms with E-state index in [2.05, 4.69) is 0 Å². The molecule has 2 aromatic carbocycles. The molecule has 2 rings (SSSR count). The van der Waals surface area contributed by atoms with Crippen LogP contribution in [0.5, 0.6) is 5.75 Å². The Bertz CT molecular complexity index is 835. The first kappa shape index (κ1) is 16.5. The Kier molecular flexibility index (Phi) is 4.98. The molecule has 0 heterocycles. The van der Waals surface area contributed by atoms with E-state index in [-0.39, 0.29) is 5.56 Å². The molecule has 0 aromatic heterocycles. The summed E-state index contributed by atoms with van der Waals surface area (Å²) in [4.78, 5) is 11.7. The average Bonchev–Trinajstić information content (AvgIpc) is 2.52.